The van der Waals surface area contributed by atoms with E-state index >= 15 is 0 Å². The molecule has 1 aliphatic carbocycles. The molecule has 0 saturated carbocycles. The number of aryl methyl sites for hydroxylation is 1. The molecule has 0 amide bonds. The number of H-pyrrole nitrogens is 1. The summed E-state index contributed by atoms with van der Waals surface area (Å²) in [6.45, 7) is 0. The Morgan fingerprint density at radius 3 is 2.69 bits per heavy atom. The zero-order valence-corrected chi connectivity index (χ0v) is 18.1. The summed E-state index contributed by atoms with van der Waals surface area (Å²) in [5.74, 6) is -0.578. The predicted octanol–water partition coefficient (Wildman–Crippen LogP) is 2.87. The van der Waals surface area contributed by atoms with Crippen LogP contribution in [0.5, 0.6) is 0 Å². The molecule has 1 aliphatic rings. The average Bonchev–Trinajstić information content (AvgIpc) is 3.52. The molecule has 0 spiro atoms. The Balaban J connectivity index is 1.62. The van der Waals surface area contributed by atoms with Crippen molar-refractivity contribution in [3.63, 3.8) is 0 Å². The van der Waals surface area contributed by atoms with Crippen molar-refractivity contribution in [3.8, 4) is 5.69 Å². The molecule has 2 aromatic carbocycles. The molecule has 0 radical (unpaired) electrons. The van der Waals surface area contributed by atoms with Crippen LogP contribution in [0.4, 0.5) is 13.2 Å². The maximum atomic E-state index is 13.8. The number of oxazole rings is 1. The van der Waals surface area contributed by atoms with Gasteiger partial charge in [0.2, 0.25) is 0 Å². The first-order chi connectivity index (χ1) is 16.7. The van der Waals surface area contributed by atoms with Crippen LogP contribution in [0.3, 0.4) is 0 Å². The normalized spacial score (nSPS) is 15.8. The van der Waals surface area contributed by atoms with E-state index in [1.807, 2.05) is 0 Å². The first-order valence-corrected chi connectivity index (χ1v) is 10.7. The van der Waals surface area contributed by atoms with Gasteiger partial charge in [-0.15, -0.1) is 0 Å². The van der Waals surface area contributed by atoms with Gasteiger partial charge in [-0.05, 0) is 42.2 Å². The minimum absolute atomic E-state index is 0.0420. The van der Waals surface area contributed by atoms with Crippen molar-refractivity contribution in [3.05, 3.63) is 90.7 Å². The first kappa shape index (κ1) is 21.2. The summed E-state index contributed by atoms with van der Waals surface area (Å²) in [5, 5.41) is 6.58. The number of rotatable bonds is 2. The molecule has 0 aliphatic heterocycles. The van der Waals surface area contributed by atoms with Crippen molar-refractivity contribution < 1.29 is 17.6 Å². The maximum absolute atomic E-state index is 13.8. The summed E-state index contributed by atoms with van der Waals surface area (Å²) in [4.78, 5) is 39.0. The molecule has 0 fully saturated rings. The lowest BCUT2D eigenvalue weighted by Crippen LogP contribution is -2.41. The number of hydrogen-bond acceptors (Lipinski definition) is 5. The van der Waals surface area contributed by atoms with Gasteiger partial charge in [0.1, 0.15) is 5.52 Å². The third-order valence-corrected chi connectivity index (χ3v) is 6.57. The van der Waals surface area contributed by atoms with Crippen LogP contribution < -0.4 is 17.0 Å². The Morgan fingerprint density at radius 1 is 1.11 bits per heavy atom. The summed E-state index contributed by atoms with van der Waals surface area (Å²) < 4.78 is 49.4. The summed E-state index contributed by atoms with van der Waals surface area (Å²) >= 11 is 0. The number of nitrogens with one attached hydrogen (secondary N) is 1. The van der Waals surface area contributed by atoms with Gasteiger partial charge in [-0.2, -0.15) is 18.3 Å². The molecule has 3 heterocycles. The molecule has 0 saturated heterocycles. The molecule has 1 atom stereocenters. The van der Waals surface area contributed by atoms with E-state index in [-0.39, 0.29) is 40.6 Å². The molecule has 178 valence electrons. The number of benzene rings is 2. The standard InChI is InChI=1S/C23H16F3N5O4/c1-29-16-7-5-11(9-18(16)35-22(29)34)30-17-10-27-28-19(17)20(32)31(21(30)33)15-8-6-12-13(15)3-2-4-14(12)23(24,25)26/h2-5,7,9-10,15H,6,8H2,1H3,(H,27,28). The highest BCUT2D eigenvalue weighted by atomic mass is 19.4. The van der Waals surface area contributed by atoms with Crippen LogP contribution in [0.15, 0.2) is 61.4 Å². The van der Waals surface area contributed by atoms with Crippen molar-refractivity contribution >= 4 is 22.1 Å². The van der Waals surface area contributed by atoms with E-state index in [1.54, 1.807) is 19.2 Å². The molecule has 1 unspecified atom stereocenters. The van der Waals surface area contributed by atoms with Crippen LogP contribution in [0.25, 0.3) is 27.8 Å². The molecule has 3 aromatic heterocycles. The predicted molar refractivity (Wildman–Crippen MR) is 119 cm³/mol. The van der Waals surface area contributed by atoms with E-state index < -0.39 is 34.8 Å². The largest absolute Gasteiger partial charge is 0.419 e. The lowest BCUT2D eigenvalue weighted by molar-refractivity contribution is -0.138. The van der Waals surface area contributed by atoms with Crippen molar-refractivity contribution in [1.29, 1.82) is 0 Å². The monoisotopic (exact) mass is 483 g/mol. The Kier molecular flexibility index (Phi) is 4.29. The fraction of sp³-hybridized carbons (Fsp3) is 0.217. The summed E-state index contributed by atoms with van der Waals surface area (Å²) in [6, 6.07) is 7.58. The van der Waals surface area contributed by atoms with Crippen LogP contribution in [0.2, 0.25) is 0 Å². The summed E-state index contributed by atoms with van der Waals surface area (Å²) in [7, 11) is 1.54. The Labute approximate surface area is 192 Å². The van der Waals surface area contributed by atoms with Gasteiger partial charge in [-0.3, -0.25) is 23.6 Å². The lowest BCUT2D eigenvalue weighted by atomic mass is 10.0. The van der Waals surface area contributed by atoms with Crippen LogP contribution in [0.1, 0.15) is 29.2 Å². The number of halogens is 3. The molecule has 5 aromatic rings. The quantitative estimate of drug-likeness (QED) is 0.416. The highest BCUT2D eigenvalue weighted by Gasteiger charge is 2.38. The Bertz CT molecular complexity index is 1840. The average molecular weight is 483 g/mol. The lowest BCUT2D eigenvalue weighted by Gasteiger charge is -2.18. The number of fused-ring (bicyclic) bond motifs is 3. The van der Waals surface area contributed by atoms with E-state index in [1.165, 1.54) is 33.5 Å². The third kappa shape index (κ3) is 2.95. The van der Waals surface area contributed by atoms with Gasteiger partial charge < -0.3 is 4.42 Å². The maximum Gasteiger partial charge on any atom is 0.419 e. The molecule has 6 rings (SSSR count). The number of nitrogens with zero attached hydrogens (tertiary/aromatic N) is 4. The van der Waals surface area contributed by atoms with Gasteiger partial charge in [0.05, 0.1) is 22.8 Å². The molecule has 9 nitrogen and oxygen atoms in total. The van der Waals surface area contributed by atoms with Gasteiger partial charge in [0.25, 0.3) is 5.56 Å². The molecule has 1 N–H and O–H groups in total. The Hall–Kier alpha value is -4.35. The fourth-order valence-electron chi connectivity index (χ4n) is 4.98. The molecule has 0 bridgehead atoms. The zero-order chi connectivity index (χ0) is 24.6. The molecular formula is C23H16F3N5O4. The van der Waals surface area contributed by atoms with Crippen molar-refractivity contribution in [2.24, 2.45) is 7.05 Å². The van der Waals surface area contributed by atoms with E-state index in [2.05, 4.69) is 10.2 Å². The summed E-state index contributed by atoms with van der Waals surface area (Å²) in [6.07, 6.45) is -2.94. The summed E-state index contributed by atoms with van der Waals surface area (Å²) in [5.41, 5.74) is -0.652. The van der Waals surface area contributed by atoms with Gasteiger partial charge >= 0.3 is 17.6 Å². The molecule has 12 heteroatoms. The molecule has 35 heavy (non-hydrogen) atoms. The van der Waals surface area contributed by atoms with Crippen LogP contribution >= 0.6 is 0 Å². The zero-order valence-electron chi connectivity index (χ0n) is 18.1. The van der Waals surface area contributed by atoms with E-state index in [0.717, 1.165) is 10.6 Å². The van der Waals surface area contributed by atoms with Crippen LogP contribution in [0, 0.1) is 0 Å². The van der Waals surface area contributed by atoms with Gasteiger partial charge in [-0.25, -0.2) is 9.59 Å². The van der Waals surface area contributed by atoms with Crippen molar-refractivity contribution in [1.82, 2.24) is 23.9 Å². The SMILES string of the molecule is Cn1c(=O)oc2cc(-n3c(=O)n(C4CCc5c4cccc5C(F)(F)F)c(=O)c4n[nH]cc43)ccc21. The fourth-order valence-corrected chi connectivity index (χ4v) is 4.98. The van der Waals surface area contributed by atoms with Gasteiger partial charge in [-0.1, -0.05) is 12.1 Å². The second-order valence-electron chi connectivity index (χ2n) is 8.42. The third-order valence-electron chi connectivity index (χ3n) is 6.57. The van der Waals surface area contributed by atoms with E-state index in [0.29, 0.717) is 11.2 Å². The minimum atomic E-state index is -4.55. The highest BCUT2D eigenvalue weighted by molar-refractivity contribution is 5.79. The topological polar surface area (TPSA) is 108 Å². The van der Waals surface area contributed by atoms with Crippen molar-refractivity contribution in [2.45, 2.75) is 25.1 Å². The minimum Gasteiger partial charge on any atom is -0.408 e. The second kappa shape index (κ2) is 7.08. The smallest absolute Gasteiger partial charge is 0.408 e. The van der Waals surface area contributed by atoms with Crippen molar-refractivity contribution in [2.75, 3.05) is 0 Å². The van der Waals surface area contributed by atoms with Crippen LogP contribution in [-0.4, -0.2) is 23.9 Å². The highest BCUT2D eigenvalue weighted by Crippen LogP contribution is 2.41. The second-order valence-corrected chi connectivity index (χ2v) is 8.42. The first-order valence-electron chi connectivity index (χ1n) is 10.7. The number of aromatic nitrogens is 5. The van der Waals surface area contributed by atoms with E-state index in [9.17, 15) is 27.6 Å². The number of aromatic amines is 1. The van der Waals surface area contributed by atoms with Gasteiger partial charge in [0.15, 0.2) is 11.1 Å². The Morgan fingerprint density at radius 2 is 1.91 bits per heavy atom. The molecular weight excluding hydrogens is 467 g/mol. The number of hydrogen-bond donors (Lipinski definition) is 1. The van der Waals surface area contributed by atoms with E-state index in [4.69, 9.17) is 4.42 Å². The van der Waals surface area contributed by atoms with Crippen LogP contribution in [-0.2, 0) is 19.6 Å². The van der Waals surface area contributed by atoms with Gasteiger partial charge in [0, 0.05) is 19.3 Å². The number of alkyl halides is 3.